The van der Waals surface area contributed by atoms with Gasteiger partial charge in [-0.2, -0.15) is 0 Å². The lowest BCUT2D eigenvalue weighted by Crippen LogP contribution is -2.48. The van der Waals surface area contributed by atoms with Crippen molar-refractivity contribution in [2.24, 2.45) is 0 Å². The van der Waals surface area contributed by atoms with Gasteiger partial charge in [0.15, 0.2) is 11.5 Å². The Labute approximate surface area is 212 Å². The number of nitrogens with two attached hydrogens (primary N) is 1. The summed E-state index contributed by atoms with van der Waals surface area (Å²) >= 11 is 0. The predicted molar refractivity (Wildman–Crippen MR) is 148 cm³/mol. The Morgan fingerprint density at radius 3 is 2.67 bits per heavy atom. The van der Waals surface area contributed by atoms with Crippen LogP contribution in [0.25, 0.3) is 33.8 Å². The van der Waals surface area contributed by atoms with Gasteiger partial charge in [-0.25, -0.2) is 15.0 Å². The third-order valence-electron chi connectivity index (χ3n) is 6.59. The van der Waals surface area contributed by atoms with Crippen LogP contribution < -0.4 is 11.1 Å². The standard InChI is InChI=1S/C29H33N7/c1-4-7-22(5-2)25-13-14-26-29(33-25)36(28(34-26)24-8-6-15-32-27(24)30)23-11-9-21(10-12-23)19-35-17-16-31-20(3)18-35/h4-15,20,31H,16-19H2,1-3H3,(H2,30,32)/b7-4-,22-5+/t20-/m0/s1. The molecule has 0 radical (unpaired) electrons. The zero-order valence-electron chi connectivity index (χ0n) is 21.1. The first kappa shape index (κ1) is 23.9. The van der Waals surface area contributed by atoms with Crippen molar-refractivity contribution in [1.82, 2.24) is 29.7 Å². The highest BCUT2D eigenvalue weighted by atomic mass is 15.2. The second-order valence-corrected chi connectivity index (χ2v) is 9.25. The molecular formula is C29H33N7. The summed E-state index contributed by atoms with van der Waals surface area (Å²) in [6, 6.07) is 17.1. The van der Waals surface area contributed by atoms with E-state index in [9.17, 15) is 0 Å². The zero-order valence-corrected chi connectivity index (χ0v) is 21.1. The van der Waals surface area contributed by atoms with E-state index < -0.39 is 0 Å². The van der Waals surface area contributed by atoms with Crippen molar-refractivity contribution in [3.8, 4) is 17.1 Å². The predicted octanol–water partition coefficient (Wildman–Crippen LogP) is 4.84. The molecular weight excluding hydrogens is 446 g/mol. The van der Waals surface area contributed by atoms with Crippen molar-refractivity contribution in [3.05, 3.63) is 84.2 Å². The van der Waals surface area contributed by atoms with E-state index in [1.807, 2.05) is 44.2 Å². The number of pyridine rings is 2. The van der Waals surface area contributed by atoms with Gasteiger partial charge < -0.3 is 11.1 Å². The minimum Gasteiger partial charge on any atom is -0.383 e. The van der Waals surface area contributed by atoms with Crippen molar-refractivity contribution in [2.45, 2.75) is 33.4 Å². The second kappa shape index (κ2) is 10.4. The highest BCUT2D eigenvalue weighted by molar-refractivity contribution is 5.85. The number of hydrogen-bond acceptors (Lipinski definition) is 6. The van der Waals surface area contributed by atoms with E-state index in [4.69, 9.17) is 15.7 Å². The molecule has 1 aliphatic rings. The number of rotatable bonds is 6. The van der Waals surface area contributed by atoms with E-state index in [0.29, 0.717) is 11.9 Å². The molecule has 1 saturated heterocycles. The molecule has 0 spiro atoms. The van der Waals surface area contributed by atoms with Gasteiger partial charge in [-0.1, -0.05) is 30.4 Å². The van der Waals surface area contributed by atoms with E-state index in [1.54, 1.807) is 6.20 Å². The van der Waals surface area contributed by atoms with Crippen molar-refractivity contribution in [3.63, 3.8) is 0 Å². The molecule has 7 heteroatoms. The molecule has 0 bridgehead atoms. The summed E-state index contributed by atoms with van der Waals surface area (Å²) in [6.45, 7) is 10.4. The average Bonchev–Trinajstić information content (AvgIpc) is 3.26. The Hall–Kier alpha value is -3.81. The van der Waals surface area contributed by atoms with Crippen LogP contribution in [0.5, 0.6) is 0 Å². The molecule has 1 aromatic carbocycles. The lowest BCUT2D eigenvalue weighted by molar-refractivity contribution is 0.199. The first-order valence-corrected chi connectivity index (χ1v) is 12.5. The third-order valence-corrected chi connectivity index (χ3v) is 6.59. The number of allylic oxidation sites excluding steroid dienone is 4. The normalized spacial score (nSPS) is 17.3. The number of hydrogen-bond donors (Lipinski definition) is 2. The van der Waals surface area contributed by atoms with E-state index in [-0.39, 0.29) is 0 Å². The molecule has 7 nitrogen and oxygen atoms in total. The van der Waals surface area contributed by atoms with Gasteiger partial charge in [-0.15, -0.1) is 0 Å². The van der Waals surface area contributed by atoms with Gasteiger partial charge in [-0.3, -0.25) is 9.47 Å². The van der Waals surface area contributed by atoms with Crippen molar-refractivity contribution < 1.29 is 0 Å². The first-order valence-electron chi connectivity index (χ1n) is 12.5. The fraction of sp³-hybridized carbons (Fsp3) is 0.276. The second-order valence-electron chi connectivity index (χ2n) is 9.25. The van der Waals surface area contributed by atoms with E-state index in [2.05, 4.69) is 63.1 Å². The van der Waals surface area contributed by atoms with Crippen LogP contribution >= 0.6 is 0 Å². The molecule has 36 heavy (non-hydrogen) atoms. The molecule has 5 rings (SSSR count). The van der Waals surface area contributed by atoms with Gasteiger partial charge in [0.1, 0.15) is 11.3 Å². The fourth-order valence-corrected chi connectivity index (χ4v) is 4.82. The Morgan fingerprint density at radius 2 is 1.94 bits per heavy atom. The minimum atomic E-state index is 0.446. The van der Waals surface area contributed by atoms with E-state index in [1.165, 1.54) is 5.56 Å². The molecule has 0 aliphatic carbocycles. The Morgan fingerprint density at radius 1 is 1.11 bits per heavy atom. The molecule has 184 valence electrons. The maximum absolute atomic E-state index is 6.29. The van der Waals surface area contributed by atoms with Crippen LogP contribution in [-0.4, -0.2) is 50.1 Å². The van der Waals surface area contributed by atoms with E-state index in [0.717, 1.165) is 65.7 Å². The van der Waals surface area contributed by atoms with Crippen LogP contribution in [0.1, 0.15) is 32.0 Å². The number of imidazole rings is 1. The van der Waals surface area contributed by atoms with E-state index >= 15 is 0 Å². The summed E-state index contributed by atoms with van der Waals surface area (Å²) in [5, 5.41) is 3.51. The van der Waals surface area contributed by atoms with Gasteiger partial charge in [0, 0.05) is 44.1 Å². The lowest BCUT2D eigenvalue weighted by Gasteiger charge is -2.31. The van der Waals surface area contributed by atoms with Gasteiger partial charge in [0.25, 0.3) is 0 Å². The molecule has 0 amide bonds. The largest absolute Gasteiger partial charge is 0.383 e. The zero-order chi connectivity index (χ0) is 25.1. The maximum atomic E-state index is 6.29. The monoisotopic (exact) mass is 479 g/mol. The quantitative estimate of drug-likeness (QED) is 0.385. The van der Waals surface area contributed by atoms with Crippen LogP contribution in [0.3, 0.4) is 0 Å². The SMILES string of the molecule is C/C=C\C(=C/C)c1ccc2nc(-c3cccnc3N)n(-c3ccc(CN4CCN[C@@H](C)C4)cc3)c2n1. The van der Waals surface area contributed by atoms with Crippen LogP contribution in [0.15, 0.2) is 73.0 Å². The molecule has 4 aromatic rings. The molecule has 1 aliphatic heterocycles. The molecule has 1 atom stereocenters. The summed E-state index contributed by atoms with van der Waals surface area (Å²) in [5.41, 5.74) is 12.9. The van der Waals surface area contributed by atoms with Gasteiger partial charge in [-0.05, 0) is 68.3 Å². The van der Waals surface area contributed by atoms with Crippen LogP contribution in [0.4, 0.5) is 5.82 Å². The molecule has 1 fully saturated rings. The molecule has 3 N–H and O–H groups in total. The van der Waals surface area contributed by atoms with Crippen molar-refractivity contribution in [1.29, 1.82) is 0 Å². The minimum absolute atomic E-state index is 0.446. The number of benzene rings is 1. The number of piperazine rings is 1. The summed E-state index contributed by atoms with van der Waals surface area (Å²) in [6.07, 6.45) is 7.86. The summed E-state index contributed by atoms with van der Waals surface area (Å²) in [5.74, 6) is 1.18. The summed E-state index contributed by atoms with van der Waals surface area (Å²) < 4.78 is 2.09. The number of fused-ring (bicyclic) bond motifs is 1. The van der Waals surface area contributed by atoms with Gasteiger partial charge in [0.2, 0.25) is 0 Å². The van der Waals surface area contributed by atoms with Gasteiger partial charge >= 0.3 is 0 Å². The van der Waals surface area contributed by atoms with Crippen LogP contribution in [-0.2, 0) is 6.54 Å². The number of nitrogens with one attached hydrogen (secondary N) is 1. The fourth-order valence-electron chi connectivity index (χ4n) is 4.82. The smallest absolute Gasteiger partial charge is 0.165 e. The van der Waals surface area contributed by atoms with Crippen LogP contribution in [0, 0.1) is 0 Å². The van der Waals surface area contributed by atoms with Crippen molar-refractivity contribution >= 4 is 22.6 Å². The highest BCUT2D eigenvalue weighted by Crippen LogP contribution is 2.31. The van der Waals surface area contributed by atoms with Gasteiger partial charge in [0.05, 0.1) is 11.3 Å². The maximum Gasteiger partial charge on any atom is 0.165 e. The average molecular weight is 480 g/mol. The molecule has 4 heterocycles. The van der Waals surface area contributed by atoms with Crippen molar-refractivity contribution in [2.75, 3.05) is 25.4 Å². The Balaban J connectivity index is 1.60. The molecule has 3 aromatic heterocycles. The Kier molecular flexibility index (Phi) is 6.93. The molecule has 0 saturated carbocycles. The number of anilines is 1. The summed E-state index contributed by atoms with van der Waals surface area (Å²) in [4.78, 5) is 16.8. The highest BCUT2D eigenvalue weighted by Gasteiger charge is 2.19. The van der Waals surface area contributed by atoms with Crippen LogP contribution in [0.2, 0.25) is 0 Å². The number of aromatic nitrogens is 4. The summed E-state index contributed by atoms with van der Waals surface area (Å²) in [7, 11) is 0. The Bertz CT molecular complexity index is 1420. The number of nitrogen functional groups attached to an aromatic ring is 1. The molecule has 0 unspecified atom stereocenters. The lowest BCUT2D eigenvalue weighted by atomic mass is 10.1. The first-order chi connectivity index (χ1) is 17.6. The third kappa shape index (κ3) is 4.80. The topological polar surface area (TPSA) is 84.9 Å². The number of nitrogens with zero attached hydrogens (tertiary/aromatic N) is 5.